The van der Waals surface area contributed by atoms with Gasteiger partial charge < -0.3 is 0 Å². The van der Waals surface area contributed by atoms with Crippen molar-refractivity contribution >= 4 is 0 Å². The largest absolute Gasteiger partial charge is 0.262 e. The van der Waals surface area contributed by atoms with Crippen LogP contribution >= 0.6 is 0 Å². The van der Waals surface area contributed by atoms with E-state index in [-0.39, 0.29) is 0 Å². The molecule has 0 aliphatic heterocycles. The summed E-state index contributed by atoms with van der Waals surface area (Å²) >= 11 is 0. The summed E-state index contributed by atoms with van der Waals surface area (Å²) in [5, 5.41) is 39.3. The highest BCUT2D eigenvalue weighted by atomic mass is 15.3. The van der Waals surface area contributed by atoms with Crippen LogP contribution in [0.4, 0.5) is 0 Å². The van der Waals surface area contributed by atoms with E-state index in [1.54, 1.807) is 99.6 Å². The summed E-state index contributed by atoms with van der Waals surface area (Å²) in [5.41, 5.74) is 6.65. The lowest BCUT2D eigenvalue weighted by atomic mass is 10.4. The Morgan fingerprint density at radius 2 is 0.889 bits per heavy atom. The van der Waals surface area contributed by atoms with Crippen LogP contribution in [0.2, 0.25) is 0 Å². The number of pyridine rings is 1. The maximum absolute atomic E-state index is 3.98. The second-order valence-corrected chi connectivity index (χ2v) is 11.8. The molecule has 0 unspecified atom stereocenters. The van der Waals surface area contributed by atoms with Crippen LogP contribution < -0.4 is 0 Å². The van der Waals surface area contributed by atoms with Crippen molar-refractivity contribution in [2.24, 2.45) is 0 Å². The lowest BCUT2D eigenvalue weighted by Gasteiger charge is -1.82. The second kappa shape index (κ2) is 36.6. The first-order chi connectivity index (χ1) is 30.5. The molecule has 0 bridgehead atoms. The van der Waals surface area contributed by atoms with Gasteiger partial charge in [0.05, 0.1) is 53.3 Å². The third-order valence-electron chi connectivity index (χ3n) is 6.09. The summed E-state index contributed by atoms with van der Waals surface area (Å²) in [6.45, 7) is 17.0. The summed E-state index contributed by atoms with van der Waals surface area (Å²) in [7, 11) is 0. The van der Waals surface area contributed by atoms with Crippen molar-refractivity contribution < 1.29 is 0 Å². The van der Waals surface area contributed by atoms with Gasteiger partial charge in [-0.15, -0.1) is 25.5 Å². The molecule has 0 aromatic carbocycles. The monoisotopic (exact) mass is 849 g/mol. The van der Waals surface area contributed by atoms with Crippen LogP contribution in [0.25, 0.3) is 0 Å². The van der Waals surface area contributed by atoms with E-state index in [9.17, 15) is 0 Å². The van der Waals surface area contributed by atoms with E-state index in [0.717, 1.165) is 45.7 Å². The highest BCUT2D eigenvalue weighted by molar-refractivity contribution is 5.00. The Bertz CT molecular complexity index is 1760. The van der Waals surface area contributed by atoms with Gasteiger partial charge in [-0.2, -0.15) is 25.5 Å². The molecule has 0 amide bonds. The van der Waals surface area contributed by atoms with Crippen LogP contribution in [0, 0.1) is 62.3 Å². The van der Waals surface area contributed by atoms with Gasteiger partial charge in [0, 0.05) is 67.2 Å². The normalized spacial score (nSPS) is 8.71. The Balaban J connectivity index is 0.000000354. The van der Waals surface area contributed by atoms with Gasteiger partial charge in [0.15, 0.2) is 0 Å². The zero-order valence-electron chi connectivity index (χ0n) is 36.7. The van der Waals surface area contributed by atoms with Gasteiger partial charge in [0.1, 0.15) is 30.6 Å². The first-order valence-corrected chi connectivity index (χ1v) is 18.8. The quantitative estimate of drug-likeness (QED) is 0.188. The van der Waals surface area contributed by atoms with E-state index in [0.29, 0.717) is 5.82 Å². The predicted octanol–water partition coefficient (Wildman–Crippen LogP) is 5.25. The van der Waals surface area contributed by atoms with Crippen LogP contribution in [-0.2, 0) is 0 Å². The predicted molar refractivity (Wildman–Crippen MR) is 234 cm³/mol. The molecule has 0 aliphatic carbocycles. The Morgan fingerprint density at radius 3 is 1.17 bits per heavy atom. The molecule has 324 valence electrons. The first-order valence-electron chi connectivity index (χ1n) is 18.8. The van der Waals surface area contributed by atoms with Crippen LogP contribution in [0.5, 0.6) is 0 Å². The molecule has 63 heavy (non-hydrogen) atoms. The fourth-order valence-electron chi connectivity index (χ4n) is 3.16. The summed E-state index contributed by atoms with van der Waals surface area (Å²) in [4.78, 5) is 38.4. The molecule has 0 fully saturated rings. The van der Waals surface area contributed by atoms with E-state index in [2.05, 4.69) is 106 Å². The molecular formula is C42H51N21. The minimum absolute atomic E-state index is 0.711. The van der Waals surface area contributed by atoms with Crippen molar-refractivity contribution in [1.29, 1.82) is 0 Å². The molecule has 9 aromatic rings. The smallest absolute Gasteiger partial charge is 0.147 e. The number of nitrogens with zero attached hydrogens (tertiary/aromatic N) is 21. The maximum Gasteiger partial charge on any atom is 0.147 e. The van der Waals surface area contributed by atoms with Crippen molar-refractivity contribution in [2.45, 2.75) is 62.3 Å². The molecule has 0 saturated heterocycles. The van der Waals surface area contributed by atoms with Crippen LogP contribution in [-0.4, -0.2) is 106 Å². The minimum Gasteiger partial charge on any atom is -0.262 e. The van der Waals surface area contributed by atoms with E-state index in [1.807, 2.05) is 91.8 Å². The van der Waals surface area contributed by atoms with Gasteiger partial charge in [-0.05, 0) is 110 Å². The summed E-state index contributed by atoms with van der Waals surface area (Å²) in [5.74, 6) is 1.53. The average Bonchev–Trinajstić information content (AvgIpc) is 3.31. The molecule has 9 rings (SSSR count). The molecule has 0 N–H and O–H groups in total. The standard InChI is InChI=1S/C6H7N.4C5H6N2.4C4H5N3/c1-6-4-2-3-5-7-6;1-5-4-6-2-3-7-5;1-5-2-3-6-4-7-5;1-5-6-3-2-4-7-5;1-5-3-2-4-6-7-5;1-4-2-6-7-3-5-4;1-4-2-5-3-6-7-4;1-4-5-2-3-6-7-4;1-4-2-3-5-7-6-4/h2-5H,1H3;4*2-4H,1H3;4*2-3H,1H3. The van der Waals surface area contributed by atoms with E-state index >= 15 is 0 Å². The third kappa shape index (κ3) is 35.2. The number of hydrogen-bond donors (Lipinski definition) is 0. The summed E-state index contributed by atoms with van der Waals surface area (Å²) < 4.78 is 0. The molecule has 0 spiro atoms. The summed E-state index contributed by atoms with van der Waals surface area (Å²) in [6, 6.07) is 15.1. The van der Waals surface area contributed by atoms with Crippen molar-refractivity contribution in [3.05, 3.63) is 200 Å². The first kappa shape index (κ1) is 52.5. The van der Waals surface area contributed by atoms with E-state index < -0.39 is 0 Å². The van der Waals surface area contributed by atoms with Gasteiger partial charge in [-0.25, -0.2) is 34.9 Å². The van der Waals surface area contributed by atoms with Crippen LogP contribution in [0.1, 0.15) is 51.5 Å². The van der Waals surface area contributed by atoms with Crippen LogP contribution in [0.3, 0.4) is 0 Å². The number of hydrogen-bond acceptors (Lipinski definition) is 21. The summed E-state index contributed by atoms with van der Waals surface area (Å²) in [6.07, 6.45) is 26.1. The van der Waals surface area contributed by atoms with Gasteiger partial charge in [-0.3, -0.25) is 15.0 Å². The van der Waals surface area contributed by atoms with Gasteiger partial charge in [0.2, 0.25) is 0 Å². The van der Waals surface area contributed by atoms with Gasteiger partial charge in [-0.1, -0.05) is 6.07 Å². The van der Waals surface area contributed by atoms with Gasteiger partial charge in [0.25, 0.3) is 0 Å². The Kier molecular flexibility index (Phi) is 30.5. The highest BCUT2D eigenvalue weighted by Crippen LogP contribution is 1.87. The molecule has 0 radical (unpaired) electrons. The molecule has 9 heterocycles. The maximum atomic E-state index is 3.98. The molecule has 0 saturated carbocycles. The number of rotatable bonds is 0. The Labute approximate surface area is 367 Å². The van der Waals surface area contributed by atoms with Gasteiger partial charge >= 0.3 is 0 Å². The second-order valence-electron chi connectivity index (χ2n) is 11.8. The van der Waals surface area contributed by atoms with Crippen molar-refractivity contribution in [1.82, 2.24) is 106 Å². The lowest BCUT2D eigenvalue weighted by Crippen LogP contribution is -1.85. The zero-order chi connectivity index (χ0) is 46.0. The average molecular weight is 850 g/mol. The fraction of sp³-hybridized carbons (Fsp3) is 0.214. The Hall–Kier alpha value is -8.49. The van der Waals surface area contributed by atoms with Crippen molar-refractivity contribution in [3.8, 4) is 0 Å². The molecule has 9 aromatic heterocycles. The fourth-order valence-corrected chi connectivity index (χ4v) is 3.16. The third-order valence-corrected chi connectivity index (χ3v) is 6.09. The van der Waals surface area contributed by atoms with Crippen molar-refractivity contribution in [2.75, 3.05) is 0 Å². The van der Waals surface area contributed by atoms with Crippen LogP contribution in [0.15, 0.2) is 148 Å². The minimum atomic E-state index is 0.711. The molecule has 0 aliphatic rings. The topological polar surface area (TPSA) is 271 Å². The molecule has 21 heteroatoms. The molecule has 0 atom stereocenters. The van der Waals surface area contributed by atoms with Crippen molar-refractivity contribution in [3.63, 3.8) is 0 Å². The zero-order valence-corrected chi connectivity index (χ0v) is 36.7. The highest BCUT2D eigenvalue weighted by Gasteiger charge is 1.80. The van der Waals surface area contributed by atoms with E-state index in [1.165, 1.54) is 19.0 Å². The number of aryl methyl sites for hydroxylation is 9. The lowest BCUT2D eigenvalue weighted by molar-refractivity contribution is 0.839. The SMILES string of the molecule is Cc1ccccn1.Cc1cccnn1.Cc1ccncn1.Cc1ccnnn1.Cc1cnccn1.Cc1cncnn1.Cc1cnncn1.Cc1ncccn1.Cc1nccnn1. The van der Waals surface area contributed by atoms with E-state index in [4.69, 9.17) is 0 Å². The Morgan fingerprint density at radius 1 is 0.270 bits per heavy atom. The molecule has 21 nitrogen and oxygen atoms in total. The molecular weight excluding hydrogens is 799 g/mol. The number of aromatic nitrogens is 21.